The first-order chi connectivity index (χ1) is 13.2. The Balaban J connectivity index is 1.86. The summed E-state index contributed by atoms with van der Waals surface area (Å²) in [4.78, 5) is 16.9. The third-order valence-corrected chi connectivity index (χ3v) is 4.65. The predicted molar refractivity (Wildman–Crippen MR) is 111 cm³/mol. The molecule has 0 bridgehead atoms. The summed E-state index contributed by atoms with van der Waals surface area (Å²) in [7, 11) is 0. The van der Waals surface area contributed by atoms with Gasteiger partial charge in [0.1, 0.15) is 0 Å². The minimum atomic E-state index is 0.150. The van der Waals surface area contributed by atoms with Crippen LogP contribution in [0.1, 0.15) is 51.5 Å². The molecule has 0 radical (unpaired) electrons. The Morgan fingerprint density at radius 2 is 2.04 bits per heavy atom. The van der Waals surface area contributed by atoms with Gasteiger partial charge in [0, 0.05) is 37.9 Å². The Hall–Kier alpha value is -2.08. The van der Waals surface area contributed by atoms with Crippen LogP contribution in [0, 0.1) is 5.92 Å². The molecule has 1 amide bonds. The molecule has 0 saturated heterocycles. The number of aliphatic imine (C=N–C) groups is 1. The highest BCUT2D eigenvalue weighted by Crippen LogP contribution is 2.26. The Morgan fingerprint density at radius 1 is 1.22 bits per heavy atom. The summed E-state index contributed by atoms with van der Waals surface area (Å²) in [6.45, 7) is 7.76. The largest absolute Gasteiger partial charge is 0.382 e. The Bertz CT molecular complexity index is 598. The molecule has 2 rings (SSSR count). The van der Waals surface area contributed by atoms with Crippen molar-refractivity contribution in [1.82, 2.24) is 10.6 Å². The van der Waals surface area contributed by atoms with E-state index in [2.05, 4.69) is 27.9 Å². The molecule has 1 saturated carbocycles. The summed E-state index contributed by atoms with van der Waals surface area (Å²) >= 11 is 0. The van der Waals surface area contributed by atoms with E-state index in [1.54, 1.807) is 0 Å². The number of carbonyl (C=O) groups is 1. The third-order valence-electron chi connectivity index (χ3n) is 4.65. The van der Waals surface area contributed by atoms with Gasteiger partial charge in [0.15, 0.2) is 5.96 Å². The van der Waals surface area contributed by atoms with E-state index < -0.39 is 0 Å². The molecule has 0 heterocycles. The van der Waals surface area contributed by atoms with Gasteiger partial charge in [-0.2, -0.15) is 0 Å². The molecule has 6 nitrogen and oxygen atoms in total. The van der Waals surface area contributed by atoms with Crippen molar-refractivity contribution in [2.75, 3.05) is 31.6 Å². The minimum Gasteiger partial charge on any atom is -0.382 e. The van der Waals surface area contributed by atoms with E-state index in [9.17, 15) is 4.79 Å². The van der Waals surface area contributed by atoms with E-state index in [4.69, 9.17) is 4.74 Å². The van der Waals surface area contributed by atoms with Crippen LogP contribution < -0.4 is 16.0 Å². The van der Waals surface area contributed by atoms with Crippen LogP contribution in [0.25, 0.3) is 0 Å². The average Bonchev–Trinajstić information content (AvgIpc) is 3.21. The van der Waals surface area contributed by atoms with E-state index >= 15 is 0 Å². The van der Waals surface area contributed by atoms with Crippen molar-refractivity contribution < 1.29 is 9.53 Å². The summed E-state index contributed by atoms with van der Waals surface area (Å²) in [5.74, 6) is 1.12. The van der Waals surface area contributed by atoms with Crippen molar-refractivity contribution in [1.29, 1.82) is 0 Å². The fourth-order valence-electron chi connectivity index (χ4n) is 3.22. The number of nitrogens with zero attached hydrogens (tertiary/aromatic N) is 1. The van der Waals surface area contributed by atoms with E-state index in [1.165, 1.54) is 0 Å². The van der Waals surface area contributed by atoms with Crippen LogP contribution in [0.3, 0.4) is 0 Å². The van der Waals surface area contributed by atoms with Crippen molar-refractivity contribution in [3.63, 3.8) is 0 Å². The molecular weight excluding hydrogens is 340 g/mol. The summed E-state index contributed by atoms with van der Waals surface area (Å²) < 4.78 is 5.35. The first-order valence-electron chi connectivity index (χ1n) is 10.2. The molecule has 1 fully saturated rings. The number of rotatable bonds is 10. The second-order valence-electron chi connectivity index (χ2n) is 6.84. The smallest absolute Gasteiger partial charge is 0.227 e. The Morgan fingerprint density at radius 3 is 2.78 bits per heavy atom. The highest BCUT2D eigenvalue weighted by atomic mass is 16.5. The Kier molecular flexibility index (Phi) is 9.69. The molecule has 3 N–H and O–H groups in total. The topological polar surface area (TPSA) is 74.8 Å². The maximum Gasteiger partial charge on any atom is 0.227 e. The van der Waals surface area contributed by atoms with Crippen LogP contribution in [-0.2, 0) is 16.1 Å². The van der Waals surface area contributed by atoms with Crippen LogP contribution in [0.2, 0.25) is 0 Å². The molecule has 1 aromatic carbocycles. The summed E-state index contributed by atoms with van der Waals surface area (Å²) in [5, 5.41) is 9.64. The van der Waals surface area contributed by atoms with Crippen molar-refractivity contribution in [2.24, 2.45) is 10.9 Å². The summed E-state index contributed by atoms with van der Waals surface area (Å²) in [6.07, 6.45) is 5.30. The molecule has 1 aliphatic carbocycles. The first kappa shape index (κ1) is 21.2. The van der Waals surface area contributed by atoms with E-state index in [1.807, 2.05) is 31.2 Å². The molecule has 1 aromatic rings. The van der Waals surface area contributed by atoms with Crippen molar-refractivity contribution in [3.8, 4) is 0 Å². The molecular formula is C21H34N4O2. The van der Waals surface area contributed by atoms with Crippen molar-refractivity contribution in [2.45, 2.75) is 52.5 Å². The lowest BCUT2D eigenvalue weighted by atomic mass is 10.1. The van der Waals surface area contributed by atoms with Gasteiger partial charge in [-0.1, -0.05) is 25.0 Å². The summed E-state index contributed by atoms with van der Waals surface area (Å²) in [6, 6.07) is 7.96. The number of hydrogen-bond donors (Lipinski definition) is 3. The van der Waals surface area contributed by atoms with Crippen LogP contribution >= 0.6 is 0 Å². The Labute approximate surface area is 163 Å². The molecule has 27 heavy (non-hydrogen) atoms. The standard InChI is InChI=1S/C21H34N4O2/c1-3-22-21(23-13-8-14-27-4-2)24-16-17-9-7-12-19(15-17)25-20(26)18-10-5-6-11-18/h7,9,12,15,18H,3-6,8,10-11,13-14,16H2,1-2H3,(H,25,26)(H2,22,23,24). The maximum absolute atomic E-state index is 12.3. The van der Waals surface area contributed by atoms with Crippen molar-refractivity contribution >= 4 is 17.6 Å². The van der Waals surface area contributed by atoms with Gasteiger partial charge in [0.25, 0.3) is 0 Å². The first-order valence-corrected chi connectivity index (χ1v) is 10.2. The number of amides is 1. The average molecular weight is 375 g/mol. The SMILES string of the molecule is CCNC(=NCc1cccc(NC(=O)C2CCCC2)c1)NCCCOCC. The van der Waals surface area contributed by atoms with Gasteiger partial charge in [-0.3, -0.25) is 4.79 Å². The van der Waals surface area contributed by atoms with Gasteiger partial charge in [0.05, 0.1) is 6.54 Å². The number of hydrogen-bond acceptors (Lipinski definition) is 3. The highest BCUT2D eigenvalue weighted by Gasteiger charge is 2.22. The number of nitrogens with one attached hydrogen (secondary N) is 3. The highest BCUT2D eigenvalue weighted by molar-refractivity contribution is 5.92. The minimum absolute atomic E-state index is 0.150. The molecule has 150 valence electrons. The number of carbonyl (C=O) groups excluding carboxylic acids is 1. The van der Waals surface area contributed by atoms with Gasteiger partial charge in [-0.25, -0.2) is 4.99 Å². The van der Waals surface area contributed by atoms with E-state index in [0.29, 0.717) is 6.54 Å². The monoisotopic (exact) mass is 374 g/mol. The lowest BCUT2D eigenvalue weighted by Crippen LogP contribution is -2.38. The number of anilines is 1. The third kappa shape index (κ3) is 7.99. The fraction of sp³-hybridized carbons (Fsp3) is 0.619. The van der Waals surface area contributed by atoms with Crippen LogP contribution in [0.15, 0.2) is 29.3 Å². The number of ether oxygens (including phenoxy) is 1. The van der Waals surface area contributed by atoms with Crippen LogP contribution in [0.4, 0.5) is 5.69 Å². The maximum atomic E-state index is 12.3. The summed E-state index contributed by atoms with van der Waals surface area (Å²) in [5.41, 5.74) is 1.93. The fourth-order valence-corrected chi connectivity index (χ4v) is 3.22. The second kappa shape index (κ2) is 12.3. The van der Waals surface area contributed by atoms with Gasteiger partial charge in [-0.05, 0) is 50.8 Å². The van der Waals surface area contributed by atoms with Crippen LogP contribution in [-0.4, -0.2) is 38.2 Å². The van der Waals surface area contributed by atoms with Crippen molar-refractivity contribution in [3.05, 3.63) is 29.8 Å². The lowest BCUT2D eigenvalue weighted by Gasteiger charge is -2.12. The zero-order valence-electron chi connectivity index (χ0n) is 16.7. The quantitative estimate of drug-likeness (QED) is 0.334. The molecule has 6 heteroatoms. The molecule has 0 unspecified atom stereocenters. The predicted octanol–water partition coefficient (Wildman–Crippen LogP) is 3.30. The molecule has 1 aliphatic rings. The molecule has 0 aromatic heterocycles. The van der Waals surface area contributed by atoms with E-state index in [0.717, 1.165) is 75.6 Å². The van der Waals surface area contributed by atoms with Gasteiger partial charge >= 0.3 is 0 Å². The lowest BCUT2D eigenvalue weighted by molar-refractivity contribution is -0.119. The molecule has 0 atom stereocenters. The van der Waals surface area contributed by atoms with Crippen LogP contribution in [0.5, 0.6) is 0 Å². The zero-order valence-corrected chi connectivity index (χ0v) is 16.7. The second-order valence-corrected chi connectivity index (χ2v) is 6.84. The normalized spacial score (nSPS) is 15.0. The van der Waals surface area contributed by atoms with Gasteiger partial charge in [-0.15, -0.1) is 0 Å². The van der Waals surface area contributed by atoms with E-state index in [-0.39, 0.29) is 11.8 Å². The van der Waals surface area contributed by atoms with Gasteiger partial charge < -0.3 is 20.7 Å². The zero-order chi connectivity index (χ0) is 19.3. The molecule has 0 aliphatic heterocycles. The number of benzene rings is 1. The molecule has 0 spiro atoms. The van der Waals surface area contributed by atoms with Gasteiger partial charge in [0.2, 0.25) is 5.91 Å². The number of guanidine groups is 1.